The van der Waals surface area contributed by atoms with E-state index in [1.807, 2.05) is 0 Å². The number of hydrogen-bond acceptors (Lipinski definition) is 2. The van der Waals surface area contributed by atoms with Crippen LogP contribution in [-0.2, 0) is 6.42 Å². The zero-order valence-electron chi connectivity index (χ0n) is 10.7. The predicted molar refractivity (Wildman–Crippen MR) is 78.7 cm³/mol. The Hall–Kier alpha value is -0.380. The Kier molecular flexibility index (Phi) is 5.67. The zero-order valence-corrected chi connectivity index (χ0v) is 12.3. The molecule has 0 amide bonds. The molecule has 0 heterocycles. The number of halogens is 1. The van der Waals surface area contributed by atoms with Crippen molar-refractivity contribution in [1.29, 1.82) is 0 Å². The highest BCUT2D eigenvalue weighted by Crippen LogP contribution is 2.23. The first kappa shape index (κ1) is 14.0. The highest BCUT2D eigenvalue weighted by molar-refractivity contribution is 9.10. The van der Waals surface area contributed by atoms with Gasteiger partial charge < -0.3 is 10.4 Å². The molecule has 1 saturated carbocycles. The van der Waals surface area contributed by atoms with Crippen LogP contribution >= 0.6 is 15.9 Å². The van der Waals surface area contributed by atoms with Crippen LogP contribution in [-0.4, -0.2) is 24.3 Å². The molecule has 0 spiro atoms. The van der Waals surface area contributed by atoms with Crippen molar-refractivity contribution in [3.8, 4) is 0 Å². The molecule has 0 aromatic heterocycles. The van der Waals surface area contributed by atoms with E-state index in [9.17, 15) is 5.11 Å². The van der Waals surface area contributed by atoms with Crippen LogP contribution in [0.25, 0.3) is 0 Å². The minimum atomic E-state index is -0.0390. The molecule has 2 nitrogen and oxygen atoms in total. The van der Waals surface area contributed by atoms with Crippen molar-refractivity contribution in [2.45, 2.75) is 38.2 Å². The van der Waals surface area contributed by atoms with E-state index in [0.29, 0.717) is 0 Å². The van der Waals surface area contributed by atoms with E-state index >= 15 is 0 Å². The average Bonchev–Trinajstić information content (AvgIpc) is 2.37. The van der Waals surface area contributed by atoms with Gasteiger partial charge in [0.1, 0.15) is 0 Å². The molecule has 18 heavy (non-hydrogen) atoms. The lowest BCUT2D eigenvalue weighted by Gasteiger charge is -2.25. The second kappa shape index (κ2) is 7.27. The fraction of sp³-hybridized carbons (Fsp3) is 0.600. The summed E-state index contributed by atoms with van der Waals surface area (Å²) in [6.07, 6.45) is 5.35. The average molecular weight is 312 g/mol. The van der Waals surface area contributed by atoms with Gasteiger partial charge in [-0.15, -0.1) is 0 Å². The van der Waals surface area contributed by atoms with Gasteiger partial charge in [0, 0.05) is 4.47 Å². The summed E-state index contributed by atoms with van der Waals surface area (Å²) < 4.78 is 1.15. The molecule has 1 aliphatic rings. The third-order valence-corrected chi connectivity index (χ3v) is 4.22. The minimum Gasteiger partial charge on any atom is -0.393 e. The normalized spacial score (nSPS) is 24.1. The summed E-state index contributed by atoms with van der Waals surface area (Å²) in [5.41, 5.74) is 1.37. The summed E-state index contributed by atoms with van der Waals surface area (Å²) in [7, 11) is 0. The van der Waals surface area contributed by atoms with Gasteiger partial charge >= 0.3 is 0 Å². The van der Waals surface area contributed by atoms with Crippen molar-refractivity contribution in [2.24, 2.45) is 5.92 Å². The van der Waals surface area contributed by atoms with E-state index in [1.165, 1.54) is 18.4 Å². The van der Waals surface area contributed by atoms with E-state index in [4.69, 9.17) is 0 Å². The molecular formula is C15H22BrNO. The summed E-state index contributed by atoms with van der Waals surface area (Å²) in [6.45, 7) is 2.14. The maximum atomic E-state index is 9.45. The monoisotopic (exact) mass is 311 g/mol. The Morgan fingerprint density at radius 1 is 1.22 bits per heavy atom. The van der Waals surface area contributed by atoms with Gasteiger partial charge in [-0.1, -0.05) is 28.1 Å². The van der Waals surface area contributed by atoms with Gasteiger partial charge in [0.05, 0.1) is 6.10 Å². The van der Waals surface area contributed by atoms with Gasteiger partial charge in [-0.05, 0) is 68.8 Å². The molecule has 0 radical (unpaired) electrons. The molecule has 1 aliphatic carbocycles. The van der Waals surface area contributed by atoms with Crippen LogP contribution in [0.4, 0.5) is 0 Å². The summed E-state index contributed by atoms with van der Waals surface area (Å²) in [5.74, 6) is 0.760. The lowest BCUT2D eigenvalue weighted by Crippen LogP contribution is -2.29. The number of aliphatic hydroxyl groups is 1. The second-order valence-corrected chi connectivity index (χ2v) is 6.17. The molecule has 1 fully saturated rings. The fourth-order valence-corrected chi connectivity index (χ4v) is 3.03. The molecular weight excluding hydrogens is 290 g/mol. The van der Waals surface area contributed by atoms with Gasteiger partial charge in [-0.25, -0.2) is 0 Å². The standard InChI is InChI=1S/C15H22BrNO/c16-14-3-1-2-12(10-14)8-9-17-11-13-4-6-15(18)7-5-13/h1-3,10,13,15,17-18H,4-9,11H2. The van der Waals surface area contributed by atoms with E-state index in [-0.39, 0.29) is 6.10 Å². The van der Waals surface area contributed by atoms with Crippen LogP contribution in [0.15, 0.2) is 28.7 Å². The molecule has 1 aromatic carbocycles. The third kappa shape index (κ3) is 4.71. The Balaban J connectivity index is 1.61. The molecule has 0 unspecified atom stereocenters. The predicted octanol–water partition coefficient (Wildman–Crippen LogP) is 3.13. The highest BCUT2D eigenvalue weighted by atomic mass is 79.9. The van der Waals surface area contributed by atoms with Crippen molar-refractivity contribution in [1.82, 2.24) is 5.32 Å². The summed E-state index contributed by atoms with van der Waals surface area (Å²) in [4.78, 5) is 0. The molecule has 100 valence electrons. The van der Waals surface area contributed by atoms with Crippen LogP contribution in [0.2, 0.25) is 0 Å². The molecule has 0 saturated heterocycles. The fourth-order valence-electron chi connectivity index (χ4n) is 2.58. The molecule has 2 N–H and O–H groups in total. The van der Waals surface area contributed by atoms with Crippen molar-refractivity contribution in [3.63, 3.8) is 0 Å². The Morgan fingerprint density at radius 2 is 2.00 bits per heavy atom. The number of nitrogens with one attached hydrogen (secondary N) is 1. The maximum absolute atomic E-state index is 9.45. The minimum absolute atomic E-state index is 0.0390. The zero-order chi connectivity index (χ0) is 12.8. The first-order valence-electron chi connectivity index (χ1n) is 6.87. The Morgan fingerprint density at radius 3 is 2.72 bits per heavy atom. The first-order chi connectivity index (χ1) is 8.74. The van der Waals surface area contributed by atoms with E-state index < -0.39 is 0 Å². The summed E-state index contributed by atoms with van der Waals surface area (Å²) in [6, 6.07) is 8.49. The van der Waals surface area contributed by atoms with Crippen LogP contribution in [0, 0.1) is 5.92 Å². The van der Waals surface area contributed by atoms with Crippen molar-refractivity contribution >= 4 is 15.9 Å². The smallest absolute Gasteiger partial charge is 0.0540 e. The molecule has 3 heteroatoms. The van der Waals surface area contributed by atoms with E-state index in [0.717, 1.165) is 42.7 Å². The molecule has 1 aromatic rings. The second-order valence-electron chi connectivity index (χ2n) is 5.26. The van der Waals surface area contributed by atoms with Crippen molar-refractivity contribution in [3.05, 3.63) is 34.3 Å². The topological polar surface area (TPSA) is 32.3 Å². The first-order valence-corrected chi connectivity index (χ1v) is 7.66. The number of benzene rings is 1. The molecule has 2 rings (SSSR count). The SMILES string of the molecule is OC1CCC(CNCCc2cccc(Br)c2)CC1. The van der Waals surface area contributed by atoms with Gasteiger partial charge in [-0.2, -0.15) is 0 Å². The van der Waals surface area contributed by atoms with Crippen LogP contribution in [0.5, 0.6) is 0 Å². The van der Waals surface area contributed by atoms with Gasteiger partial charge in [-0.3, -0.25) is 0 Å². The van der Waals surface area contributed by atoms with Crippen LogP contribution in [0.3, 0.4) is 0 Å². The lowest BCUT2D eigenvalue weighted by molar-refractivity contribution is 0.108. The van der Waals surface area contributed by atoms with Crippen molar-refractivity contribution in [2.75, 3.05) is 13.1 Å². The lowest BCUT2D eigenvalue weighted by atomic mass is 9.87. The van der Waals surface area contributed by atoms with E-state index in [1.54, 1.807) is 0 Å². The van der Waals surface area contributed by atoms with Gasteiger partial charge in [0.15, 0.2) is 0 Å². The van der Waals surface area contributed by atoms with Crippen LogP contribution in [0.1, 0.15) is 31.2 Å². The van der Waals surface area contributed by atoms with Crippen molar-refractivity contribution < 1.29 is 5.11 Å². The number of hydrogen-bond donors (Lipinski definition) is 2. The summed E-state index contributed by atoms with van der Waals surface area (Å²) >= 11 is 3.50. The molecule has 0 atom stereocenters. The Labute approximate surface area is 118 Å². The quantitative estimate of drug-likeness (QED) is 0.819. The number of aliphatic hydroxyl groups excluding tert-OH is 1. The van der Waals surface area contributed by atoms with Crippen LogP contribution < -0.4 is 5.32 Å². The Bertz CT molecular complexity index is 361. The number of rotatable bonds is 5. The highest BCUT2D eigenvalue weighted by Gasteiger charge is 2.18. The van der Waals surface area contributed by atoms with Gasteiger partial charge in [0.2, 0.25) is 0 Å². The van der Waals surface area contributed by atoms with Gasteiger partial charge in [0.25, 0.3) is 0 Å². The molecule has 0 aliphatic heterocycles. The third-order valence-electron chi connectivity index (χ3n) is 3.73. The summed E-state index contributed by atoms with van der Waals surface area (Å²) in [5, 5.41) is 13.0. The largest absolute Gasteiger partial charge is 0.393 e. The maximum Gasteiger partial charge on any atom is 0.0540 e. The molecule has 0 bridgehead atoms. The van der Waals surface area contributed by atoms with E-state index in [2.05, 4.69) is 45.5 Å².